The maximum Gasteiger partial charge on any atom is 0.348 e. The number of nitrogens with one attached hydrogen (secondary N) is 1. The van der Waals surface area contributed by atoms with Crippen LogP contribution in [0.2, 0.25) is 15.5 Å². The van der Waals surface area contributed by atoms with Gasteiger partial charge in [-0.25, -0.2) is 0 Å². The van der Waals surface area contributed by atoms with Crippen molar-refractivity contribution in [2.45, 2.75) is 34.3 Å². The lowest BCUT2D eigenvalue weighted by molar-refractivity contribution is -0.154. The lowest BCUT2D eigenvalue weighted by atomic mass is 9.21. The summed E-state index contributed by atoms with van der Waals surface area (Å²) in [5.41, 5.74) is -0.270. The summed E-state index contributed by atoms with van der Waals surface area (Å²) >= 11 is 5.80. The molecule has 1 unspecified atom stereocenters. The van der Waals surface area contributed by atoms with Crippen molar-refractivity contribution in [2.75, 3.05) is 0 Å². The monoisotopic (exact) mass is 545 g/mol. The smallest absolute Gasteiger partial charge is 0.348 e. The molecule has 4 amide bonds. The Morgan fingerprint density at radius 1 is 1.03 bits per heavy atom. The van der Waals surface area contributed by atoms with E-state index in [1.54, 1.807) is 65.3 Å². The van der Waals surface area contributed by atoms with Crippen LogP contribution >= 0.6 is 11.6 Å². The number of nitrogens with zero attached hydrogens (tertiary/aromatic N) is 2. The molecular weight excluding hydrogens is 519 g/mol. The molecule has 0 aliphatic carbocycles. The van der Waals surface area contributed by atoms with E-state index in [4.69, 9.17) is 11.6 Å². The highest BCUT2D eigenvalue weighted by molar-refractivity contribution is 6.66. The van der Waals surface area contributed by atoms with Crippen molar-refractivity contribution in [3.63, 3.8) is 0 Å². The number of rotatable bonds is 5. The average Bonchev–Trinajstić information content (AvgIpc) is 3.21. The van der Waals surface area contributed by atoms with Gasteiger partial charge in [0.05, 0.1) is 5.44 Å². The molecule has 0 spiro atoms. The van der Waals surface area contributed by atoms with Gasteiger partial charge in [-0.1, -0.05) is 41.1 Å². The fourth-order valence-corrected chi connectivity index (χ4v) is 5.51. The van der Waals surface area contributed by atoms with Crippen molar-refractivity contribution < 1.29 is 28.0 Å². The minimum Gasteiger partial charge on any atom is -0.389 e. The molecule has 39 heavy (non-hydrogen) atoms. The Kier molecular flexibility index (Phi) is 6.98. The van der Waals surface area contributed by atoms with Crippen LogP contribution in [0.3, 0.4) is 0 Å². The molecule has 2 atom stereocenters. The molecule has 2 aliphatic rings. The number of alkyl halides is 2. The topological polar surface area (TPSA) is 86.8 Å². The van der Waals surface area contributed by atoms with Crippen LogP contribution in [0.5, 0.6) is 0 Å². The Labute approximate surface area is 237 Å². The van der Waals surface area contributed by atoms with E-state index >= 15 is 8.78 Å². The molecule has 0 aromatic heterocycles. The molecule has 1 N–H and O–H groups in total. The van der Waals surface area contributed by atoms with Gasteiger partial charge < -0.3 is 9.71 Å². The minimum atomic E-state index is -3.77. The lowest BCUT2D eigenvalue weighted by Gasteiger charge is -2.59. The quantitative estimate of drug-likeness (QED) is 0.306. The van der Waals surface area contributed by atoms with Crippen LogP contribution in [0.15, 0.2) is 42.5 Å². The second kappa shape index (κ2) is 9.35. The lowest BCUT2D eigenvalue weighted by Crippen LogP contribution is -2.75. The van der Waals surface area contributed by atoms with Gasteiger partial charge >= 0.3 is 5.92 Å². The standard InChI is InChI=1S/C22H25B7ClF2N3O4/c23-14(35(29)18(39)19(31,32)11-2-4-12(30)5-3-11)9-1-6-13-10(7-9)8-34(15(13)36)21(26)17(38)33-16(37)20(24,25)22(21,27)28/h1-7,14H,8,23-29H2,(H,33,37,38)/t14?,21-/m0/s1. The number of halogens is 3. The summed E-state index contributed by atoms with van der Waals surface area (Å²) in [4.78, 5) is 54.7. The van der Waals surface area contributed by atoms with Crippen LogP contribution in [0.4, 0.5) is 8.78 Å². The summed E-state index contributed by atoms with van der Waals surface area (Å²) in [7, 11) is 11.7. The second-order valence-corrected chi connectivity index (χ2v) is 12.0. The van der Waals surface area contributed by atoms with Gasteiger partial charge in [0.25, 0.3) is 11.8 Å². The number of benzene rings is 2. The van der Waals surface area contributed by atoms with E-state index < -0.39 is 51.0 Å². The van der Waals surface area contributed by atoms with E-state index in [-0.39, 0.29) is 17.5 Å². The highest BCUT2D eigenvalue weighted by atomic mass is 35.5. The Morgan fingerprint density at radius 3 is 2.21 bits per heavy atom. The molecule has 0 radical (unpaired) electrons. The molecule has 17 heteroatoms. The molecule has 194 valence electrons. The number of piperidine rings is 1. The molecule has 2 aliphatic heterocycles. The molecule has 2 heterocycles. The van der Waals surface area contributed by atoms with Gasteiger partial charge in [0, 0.05) is 28.6 Å². The molecule has 0 saturated carbocycles. The first kappa shape index (κ1) is 29.1. The first-order chi connectivity index (χ1) is 17.9. The second-order valence-electron chi connectivity index (χ2n) is 11.6. The normalized spacial score (nSPS) is 22.6. The molecule has 1 fully saturated rings. The third-order valence-corrected chi connectivity index (χ3v) is 9.60. The van der Waals surface area contributed by atoms with Crippen LogP contribution in [-0.2, 0) is 26.9 Å². The maximum absolute atomic E-state index is 15.0. The molecule has 4 rings (SSSR count). The average molecular weight is 545 g/mol. The van der Waals surface area contributed by atoms with Gasteiger partial charge in [-0.3, -0.25) is 24.5 Å². The summed E-state index contributed by atoms with van der Waals surface area (Å²) in [5.74, 6) is -7.21. The summed E-state index contributed by atoms with van der Waals surface area (Å²) in [6.07, 6.45) is 0. The van der Waals surface area contributed by atoms with E-state index in [0.717, 1.165) is 16.9 Å². The number of fused-ring (bicyclic) bond motifs is 1. The van der Waals surface area contributed by atoms with Crippen molar-refractivity contribution in [3.05, 3.63) is 69.7 Å². The van der Waals surface area contributed by atoms with Crippen LogP contribution in [0.25, 0.3) is 0 Å². The van der Waals surface area contributed by atoms with Gasteiger partial charge in [-0.05, 0) is 34.5 Å². The predicted octanol–water partition coefficient (Wildman–Crippen LogP) is -4.15. The molecular formula is C22H25B7ClF2N3O4. The van der Waals surface area contributed by atoms with Gasteiger partial charge in [0.2, 0.25) is 19.8 Å². The zero-order valence-electron chi connectivity index (χ0n) is 23.0. The minimum absolute atomic E-state index is 0.0882. The van der Waals surface area contributed by atoms with Crippen molar-refractivity contribution in [1.29, 1.82) is 0 Å². The SMILES string of the molecule is BC(c1ccc2c(c1)CN([C@@]1(B)C(=O)NC(=O)C(B)(B)C1(B)B)C2=O)N(B)C(=O)C(F)(F)c1ccc(Cl)cc1. The fraction of sp³-hybridized carbons (Fsp3) is 0.273. The summed E-state index contributed by atoms with van der Waals surface area (Å²) in [6.45, 7) is 0.0882. The highest BCUT2D eigenvalue weighted by Crippen LogP contribution is 2.55. The molecule has 0 bridgehead atoms. The molecule has 2 aromatic carbocycles. The Hall–Kier alpha value is -2.88. The largest absolute Gasteiger partial charge is 0.389 e. The van der Waals surface area contributed by atoms with E-state index in [2.05, 4.69) is 5.32 Å². The zero-order chi connectivity index (χ0) is 29.3. The summed E-state index contributed by atoms with van der Waals surface area (Å²) < 4.78 is 30.1. The number of carbonyl (C=O) groups is 4. The Bertz CT molecular complexity index is 1410. The Morgan fingerprint density at radius 2 is 1.62 bits per heavy atom. The molecule has 7 nitrogen and oxygen atoms in total. The van der Waals surface area contributed by atoms with Crippen molar-refractivity contribution >= 4 is 90.3 Å². The number of carbonyl (C=O) groups excluding carboxylic acids is 4. The van der Waals surface area contributed by atoms with Crippen molar-refractivity contribution in [2.24, 2.45) is 0 Å². The highest BCUT2D eigenvalue weighted by Gasteiger charge is 2.64. The first-order valence-corrected chi connectivity index (χ1v) is 13.0. The van der Waals surface area contributed by atoms with Crippen molar-refractivity contribution in [3.8, 4) is 0 Å². The Balaban J connectivity index is 1.62. The maximum atomic E-state index is 15.0. The van der Waals surface area contributed by atoms with Gasteiger partial charge in [-0.2, -0.15) is 8.78 Å². The van der Waals surface area contributed by atoms with E-state index in [0.29, 0.717) is 16.7 Å². The number of imide groups is 1. The van der Waals surface area contributed by atoms with E-state index in [9.17, 15) is 19.2 Å². The van der Waals surface area contributed by atoms with Crippen LogP contribution in [0, 0.1) is 0 Å². The van der Waals surface area contributed by atoms with E-state index in [1.165, 1.54) is 25.0 Å². The van der Waals surface area contributed by atoms with Crippen LogP contribution in [0.1, 0.15) is 33.0 Å². The van der Waals surface area contributed by atoms with Gasteiger partial charge in [0.1, 0.15) is 47.1 Å². The number of hydrogen-bond acceptors (Lipinski definition) is 4. The van der Waals surface area contributed by atoms with Crippen LogP contribution < -0.4 is 5.32 Å². The summed E-state index contributed by atoms with van der Waals surface area (Å²) in [5, 5.41) is 0.835. The van der Waals surface area contributed by atoms with Gasteiger partial charge in [-0.15, -0.1) is 0 Å². The van der Waals surface area contributed by atoms with Crippen LogP contribution in [-0.4, -0.2) is 93.8 Å². The van der Waals surface area contributed by atoms with Gasteiger partial charge in [0.15, 0.2) is 0 Å². The first-order valence-electron chi connectivity index (χ1n) is 12.6. The predicted molar refractivity (Wildman–Crippen MR) is 162 cm³/mol. The van der Waals surface area contributed by atoms with E-state index in [1.807, 2.05) is 0 Å². The molecule has 1 saturated heterocycles. The fourth-order valence-electron chi connectivity index (χ4n) is 5.38. The van der Waals surface area contributed by atoms with Crippen molar-refractivity contribution in [1.82, 2.24) is 15.0 Å². The third kappa shape index (κ3) is 4.17. The third-order valence-electron chi connectivity index (χ3n) is 9.35. The molecule has 2 aromatic rings. The number of amides is 4. The summed E-state index contributed by atoms with van der Waals surface area (Å²) in [6, 6.07) is 9.75. The zero-order valence-corrected chi connectivity index (χ0v) is 23.7. The number of hydrogen-bond donors (Lipinski definition) is 1.